The van der Waals surface area contributed by atoms with Gasteiger partial charge in [0.2, 0.25) is 5.95 Å². The molecule has 0 aromatic carbocycles. The van der Waals surface area contributed by atoms with Gasteiger partial charge in [-0.3, -0.25) is 4.79 Å². The lowest BCUT2D eigenvalue weighted by Crippen LogP contribution is -1.77. The van der Waals surface area contributed by atoms with Crippen LogP contribution in [0.1, 0.15) is 9.67 Å². The average molecular weight is 210 g/mol. The fourth-order valence-electron chi connectivity index (χ4n) is 0.361. The SMILES string of the molecule is O=Cc1sc(Br)nc1F. The van der Waals surface area contributed by atoms with Gasteiger partial charge in [-0.05, 0) is 15.9 Å². The Labute approximate surface area is 62.9 Å². The van der Waals surface area contributed by atoms with Crippen LogP contribution >= 0.6 is 27.3 Å². The number of aromatic nitrogens is 1. The van der Waals surface area contributed by atoms with E-state index in [1.165, 1.54) is 0 Å². The number of halogens is 2. The second-order valence-electron chi connectivity index (χ2n) is 1.24. The van der Waals surface area contributed by atoms with Crippen LogP contribution in [0, 0.1) is 5.95 Å². The Balaban J connectivity index is 3.15. The molecule has 1 rings (SSSR count). The third-order valence-corrected chi connectivity index (χ3v) is 2.10. The summed E-state index contributed by atoms with van der Waals surface area (Å²) in [6, 6.07) is 0. The maximum absolute atomic E-state index is 12.2. The molecule has 0 aliphatic rings. The molecule has 1 aromatic rings. The van der Waals surface area contributed by atoms with Gasteiger partial charge in [-0.2, -0.15) is 4.39 Å². The molecule has 2 nitrogen and oxygen atoms in total. The zero-order chi connectivity index (χ0) is 6.85. The monoisotopic (exact) mass is 209 g/mol. The van der Waals surface area contributed by atoms with E-state index >= 15 is 0 Å². The quantitative estimate of drug-likeness (QED) is 0.662. The molecule has 0 bridgehead atoms. The van der Waals surface area contributed by atoms with Crippen LogP contribution in [0.2, 0.25) is 0 Å². The smallest absolute Gasteiger partial charge is 0.235 e. The van der Waals surface area contributed by atoms with Gasteiger partial charge in [-0.1, -0.05) is 0 Å². The van der Waals surface area contributed by atoms with Crippen molar-refractivity contribution in [2.75, 3.05) is 0 Å². The zero-order valence-electron chi connectivity index (χ0n) is 4.10. The summed E-state index contributed by atoms with van der Waals surface area (Å²) in [5, 5.41) is 0. The van der Waals surface area contributed by atoms with Crippen LogP contribution in [0.25, 0.3) is 0 Å². The lowest BCUT2D eigenvalue weighted by atomic mass is 10.6. The molecule has 1 aromatic heterocycles. The highest BCUT2D eigenvalue weighted by Crippen LogP contribution is 2.19. The molecule has 0 amide bonds. The van der Waals surface area contributed by atoms with Gasteiger partial charge in [0.15, 0.2) is 10.2 Å². The minimum atomic E-state index is -0.707. The van der Waals surface area contributed by atoms with Crippen LogP contribution in [-0.4, -0.2) is 11.3 Å². The number of nitrogens with zero attached hydrogens (tertiary/aromatic N) is 1. The summed E-state index contributed by atoms with van der Waals surface area (Å²) in [7, 11) is 0. The van der Waals surface area contributed by atoms with Crippen molar-refractivity contribution in [2.45, 2.75) is 0 Å². The Morgan fingerprint density at radius 1 is 1.78 bits per heavy atom. The van der Waals surface area contributed by atoms with Crippen molar-refractivity contribution in [3.05, 3.63) is 14.7 Å². The van der Waals surface area contributed by atoms with E-state index in [2.05, 4.69) is 20.9 Å². The average Bonchev–Trinajstić information content (AvgIpc) is 2.10. The fraction of sp³-hybridized carbons (Fsp3) is 0. The molecule has 0 radical (unpaired) electrons. The summed E-state index contributed by atoms with van der Waals surface area (Å²) in [6.07, 6.45) is 0.442. The summed E-state index contributed by atoms with van der Waals surface area (Å²) in [5.41, 5.74) is 0. The molecular weight excluding hydrogens is 209 g/mol. The highest BCUT2D eigenvalue weighted by atomic mass is 79.9. The van der Waals surface area contributed by atoms with Crippen molar-refractivity contribution in [1.29, 1.82) is 0 Å². The summed E-state index contributed by atoms with van der Waals surface area (Å²) >= 11 is 3.91. The normalized spacial score (nSPS) is 9.56. The highest BCUT2D eigenvalue weighted by molar-refractivity contribution is 9.11. The van der Waals surface area contributed by atoms with Crippen LogP contribution in [0.5, 0.6) is 0 Å². The highest BCUT2D eigenvalue weighted by Gasteiger charge is 2.06. The number of hydrogen-bond donors (Lipinski definition) is 0. The first kappa shape index (κ1) is 6.82. The van der Waals surface area contributed by atoms with Gasteiger partial charge in [0.1, 0.15) is 4.88 Å². The van der Waals surface area contributed by atoms with Crippen LogP contribution in [0.15, 0.2) is 3.92 Å². The topological polar surface area (TPSA) is 30.0 Å². The first-order valence-electron chi connectivity index (χ1n) is 2.01. The largest absolute Gasteiger partial charge is 0.297 e. The Hall–Kier alpha value is -0.290. The molecule has 1 heterocycles. The van der Waals surface area contributed by atoms with Gasteiger partial charge < -0.3 is 0 Å². The molecule has 0 fully saturated rings. The molecule has 0 aliphatic heterocycles. The predicted octanol–water partition coefficient (Wildman–Crippen LogP) is 1.86. The first-order chi connectivity index (χ1) is 4.24. The Morgan fingerprint density at radius 3 is 2.67 bits per heavy atom. The standard InChI is InChI=1S/C4HBrFNOS/c5-4-7-3(6)2(1-8)9-4/h1H. The number of aldehydes is 1. The molecule has 0 atom stereocenters. The third-order valence-electron chi connectivity index (χ3n) is 0.691. The first-order valence-corrected chi connectivity index (χ1v) is 3.62. The third kappa shape index (κ3) is 1.34. The number of hydrogen-bond acceptors (Lipinski definition) is 3. The maximum atomic E-state index is 12.2. The minimum absolute atomic E-state index is 0.0295. The van der Waals surface area contributed by atoms with Crippen molar-refractivity contribution < 1.29 is 9.18 Å². The molecule has 0 N–H and O–H groups in total. The van der Waals surface area contributed by atoms with Crippen LogP contribution in [-0.2, 0) is 0 Å². The van der Waals surface area contributed by atoms with E-state index in [0.29, 0.717) is 10.2 Å². The second kappa shape index (κ2) is 2.53. The Morgan fingerprint density at radius 2 is 2.44 bits per heavy atom. The van der Waals surface area contributed by atoms with Crippen molar-refractivity contribution in [2.24, 2.45) is 0 Å². The van der Waals surface area contributed by atoms with Gasteiger partial charge >= 0.3 is 0 Å². The summed E-state index contributed by atoms with van der Waals surface area (Å²) < 4.78 is 12.6. The van der Waals surface area contributed by atoms with Gasteiger partial charge in [0, 0.05) is 0 Å². The molecule has 48 valence electrons. The lowest BCUT2D eigenvalue weighted by molar-refractivity contribution is 0.112. The van der Waals surface area contributed by atoms with E-state index in [1.807, 2.05) is 0 Å². The number of carbonyl (C=O) groups excluding carboxylic acids is 1. The van der Waals surface area contributed by atoms with Crippen molar-refractivity contribution in [1.82, 2.24) is 4.98 Å². The Kier molecular flexibility index (Phi) is 1.92. The van der Waals surface area contributed by atoms with Crippen molar-refractivity contribution >= 4 is 33.6 Å². The number of rotatable bonds is 1. The van der Waals surface area contributed by atoms with Crippen LogP contribution in [0.3, 0.4) is 0 Å². The van der Waals surface area contributed by atoms with E-state index in [0.717, 1.165) is 11.3 Å². The van der Waals surface area contributed by atoms with E-state index in [4.69, 9.17) is 0 Å². The molecule has 0 saturated heterocycles. The summed E-state index contributed by atoms with van der Waals surface area (Å²) in [6.45, 7) is 0. The van der Waals surface area contributed by atoms with Gasteiger partial charge in [-0.25, -0.2) is 4.98 Å². The molecule has 0 unspecified atom stereocenters. The summed E-state index contributed by atoms with van der Waals surface area (Å²) in [5.74, 6) is -0.707. The van der Waals surface area contributed by atoms with Gasteiger partial charge in [0.05, 0.1) is 0 Å². The fourth-order valence-corrected chi connectivity index (χ4v) is 1.52. The summed E-state index contributed by atoms with van der Waals surface area (Å²) in [4.78, 5) is 13.3. The maximum Gasteiger partial charge on any atom is 0.235 e. The van der Waals surface area contributed by atoms with Crippen LogP contribution in [0.4, 0.5) is 4.39 Å². The molecule has 0 spiro atoms. The Bertz CT molecular complexity index is 236. The predicted molar refractivity (Wildman–Crippen MR) is 35.2 cm³/mol. The van der Waals surface area contributed by atoms with Crippen molar-refractivity contribution in [3.8, 4) is 0 Å². The van der Waals surface area contributed by atoms with E-state index in [-0.39, 0.29) is 4.88 Å². The zero-order valence-corrected chi connectivity index (χ0v) is 6.50. The molecule has 0 aliphatic carbocycles. The molecular formula is C4HBrFNOS. The van der Waals surface area contributed by atoms with Gasteiger partial charge in [0.25, 0.3) is 0 Å². The molecule has 9 heavy (non-hydrogen) atoms. The molecule has 5 heteroatoms. The lowest BCUT2D eigenvalue weighted by Gasteiger charge is -1.72. The number of carbonyl (C=O) groups is 1. The van der Waals surface area contributed by atoms with E-state index in [9.17, 15) is 9.18 Å². The molecule has 0 saturated carbocycles. The number of thiazole rings is 1. The van der Waals surface area contributed by atoms with Crippen LogP contribution < -0.4 is 0 Å². The minimum Gasteiger partial charge on any atom is -0.297 e. The van der Waals surface area contributed by atoms with Crippen molar-refractivity contribution in [3.63, 3.8) is 0 Å². The van der Waals surface area contributed by atoms with E-state index in [1.54, 1.807) is 0 Å². The second-order valence-corrected chi connectivity index (χ2v) is 3.55. The van der Waals surface area contributed by atoms with E-state index < -0.39 is 5.95 Å². The van der Waals surface area contributed by atoms with Gasteiger partial charge in [-0.15, -0.1) is 11.3 Å².